The summed E-state index contributed by atoms with van der Waals surface area (Å²) in [6.45, 7) is 0. The Morgan fingerprint density at radius 3 is 1.51 bits per heavy atom. The summed E-state index contributed by atoms with van der Waals surface area (Å²) < 4.78 is 14.0. The first-order valence-electron chi connectivity index (χ1n) is 22.5. The molecular weight excluding hydrogens is 793 g/mol. The maximum Gasteiger partial charge on any atom is 0.135 e. The van der Waals surface area contributed by atoms with Crippen molar-refractivity contribution < 1.29 is 4.42 Å². The van der Waals surface area contributed by atoms with Crippen LogP contribution in [0.5, 0.6) is 0 Å². The summed E-state index contributed by atoms with van der Waals surface area (Å²) in [7, 11) is 0. The number of aromatic nitrogens is 3. The Morgan fingerprint density at radius 2 is 0.862 bits per heavy atom. The fraction of sp³-hybridized carbons (Fsp3) is 0.0333. The van der Waals surface area contributed by atoms with Crippen molar-refractivity contribution in [3.63, 3.8) is 0 Å². The van der Waals surface area contributed by atoms with E-state index in [0.29, 0.717) is 0 Å². The molecule has 2 unspecified atom stereocenters. The second-order valence-corrected chi connectivity index (χ2v) is 17.6. The summed E-state index contributed by atoms with van der Waals surface area (Å²) in [5.41, 5.74) is 16.2. The number of para-hydroxylation sites is 6. The quantitative estimate of drug-likeness (QED) is 0.177. The number of fused-ring (bicyclic) bond motifs is 15. The molecular formula is C60H38N4O. The van der Waals surface area contributed by atoms with Gasteiger partial charge in [-0.3, -0.25) is 0 Å². The highest BCUT2D eigenvalue weighted by Crippen LogP contribution is 2.53. The van der Waals surface area contributed by atoms with Crippen LogP contribution in [0.25, 0.3) is 104 Å². The largest absolute Gasteiger partial charge is 0.456 e. The van der Waals surface area contributed by atoms with E-state index in [1.54, 1.807) is 0 Å². The van der Waals surface area contributed by atoms with Gasteiger partial charge < -0.3 is 23.0 Å². The lowest BCUT2D eigenvalue weighted by atomic mass is 9.87. The third-order valence-electron chi connectivity index (χ3n) is 14.4. The van der Waals surface area contributed by atoms with Crippen molar-refractivity contribution in [3.8, 4) is 11.4 Å². The van der Waals surface area contributed by atoms with E-state index in [0.717, 1.165) is 38.8 Å². The molecule has 13 aromatic rings. The number of furan rings is 1. The van der Waals surface area contributed by atoms with Gasteiger partial charge >= 0.3 is 0 Å². The van der Waals surface area contributed by atoms with Gasteiger partial charge in [0.2, 0.25) is 0 Å². The molecule has 0 radical (unpaired) electrons. The monoisotopic (exact) mass is 830 g/mol. The Bertz CT molecular complexity index is 4120. The molecule has 1 aliphatic carbocycles. The van der Waals surface area contributed by atoms with Gasteiger partial charge in [0.05, 0.1) is 50.7 Å². The Hall–Kier alpha value is -8.54. The van der Waals surface area contributed by atoms with Crippen molar-refractivity contribution in [2.45, 2.75) is 12.0 Å². The highest BCUT2D eigenvalue weighted by molar-refractivity contribution is 6.17. The molecule has 0 fully saturated rings. The Kier molecular flexibility index (Phi) is 7.00. The normalized spacial score (nSPS) is 16.0. The van der Waals surface area contributed by atoms with Crippen molar-refractivity contribution in [1.82, 2.24) is 13.7 Å². The smallest absolute Gasteiger partial charge is 0.135 e. The molecule has 0 amide bonds. The van der Waals surface area contributed by atoms with Gasteiger partial charge in [0, 0.05) is 65.8 Å². The molecule has 2 aliphatic rings. The van der Waals surface area contributed by atoms with Crippen molar-refractivity contribution in [1.29, 1.82) is 0 Å². The lowest BCUT2D eigenvalue weighted by Gasteiger charge is -2.32. The van der Waals surface area contributed by atoms with Crippen LogP contribution in [0.3, 0.4) is 0 Å². The van der Waals surface area contributed by atoms with E-state index in [9.17, 15) is 0 Å². The van der Waals surface area contributed by atoms with Gasteiger partial charge in [0.1, 0.15) is 11.2 Å². The molecule has 0 spiro atoms. The molecule has 0 saturated heterocycles. The number of rotatable bonds is 4. The Labute approximate surface area is 373 Å². The number of hydrogen-bond donors (Lipinski definition) is 0. The van der Waals surface area contributed by atoms with Gasteiger partial charge in [-0.15, -0.1) is 0 Å². The van der Waals surface area contributed by atoms with E-state index in [4.69, 9.17) is 4.42 Å². The van der Waals surface area contributed by atoms with Crippen LogP contribution in [0.4, 0.5) is 11.4 Å². The summed E-state index contributed by atoms with van der Waals surface area (Å²) >= 11 is 0. The molecule has 15 rings (SSSR count). The first-order chi connectivity index (χ1) is 32.3. The standard InChI is InChI=1S/C60H38N4O/c1-7-21-47-39(15-1)40-16-2-8-22-48(40)63(47)55-29-13-27-53-59(55)43-19-5-11-25-51(43)61(53)37-31-33-57-45(35-37)46-36-38(32-34-58(46)65-57)62-52-26-12-6-20-44(52)60-54(62)28-14-30-56(60)64-49-23-9-3-17-41(49)42-18-4-10-24-50(42)64/h1-36,53,59H. The van der Waals surface area contributed by atoms with Gasteiger partial charge in [0.15, 0.2) is 0 Å². The van der Waals surface area contributed by atoms with Crippen LogP contribution >= 0.6 is 0 Å². The predicted octanol–water partition coefficient (Wildman–Crippen LogP) is 15.6. The molecule has 1 aliphatic heterocycles. The van der Waals surface area contributed by atoms with E-state index in [1.165, 1.54) is 82.5 Å². The third-order valence-corrected chi connectivity index (χ3v) is 14.4. The van der Waals surface area contributed by atoms with Crippen molar-refractivity contribution in [3.05, 3.63) is 224 Å². The molecule has 5 heteroatoms. The molecule has 4 aromatic heterocycles. The number of anilines is 2. The number of allylic oxidation sites excluding steroid dienone is 2. The van der Waals surface area contributed by atoms with Crippen molar-refractivity contribution >= 4 is 104 Å². The predicted molar refractivity (Wildman–Crippen MR) is 270 cm³/mol. The van der Waals surface area contributed by atoms with Gasteiger partial charge in [0.25, 0.3) is 0 Å². The van der Waals surface area contributed by atoms with E-state index < -0.39 is 0 Å². The lowest BCUT2D eigenvalue weighted by Crippen LogP contribution is -2.31. The average Bonchev–Trinajstić information content (AvgIpc) is 4.16. The van der Waals surface area contributed by atoms with Crippen LogP contribution in [0, 0.1) is 0 Å². The molecule has 304 valence electrons. The first kappa shape index (κ1) is 35.0. The zero-order chi connectivity index (χ0) is 42.3. The number of nitrogens with zero attached hydrogens (tertiary/aromatic N) is 4. The van der Waals surface area contributed by atoms with Crippen LogP contribution in [0.15, 0.2) is 223 Å². The lowest BCUT2D eigenvalue weighted by molar-refractivity contribution is 0.668. The second-order valence-electron chi connectivity index (χ2n) is 17.6. The minimum Gasteiger partial charge on any atom is -0.456 e. The van der Waals surface area contributed by atoms with Crippen LogP contribution in [0.2, 0.25) is 0 Å². The molecule has 0 N–H and O–H groups in total. The van der Waals surface area contributed by atoms with Gasteiger partial charge in [-0.05, 0) is 96.6 Å². The Morgan fingerprint density at radius 1 is 0.369 bits per heavy atom. The molecule has 9 aromatic carbocycles. The van der Waals surface area contributed by atoms with Crippen molar-refractivity contribution in [2.24, 2.45) is 0 Å². The van der Waals surface area contributed by atoms with Crippen LogP contribution in [-0.2, 0) is 0 Å². The van der Waals surface area contributed by atoms with E-state index in [-0.39, 0.29) is 12.0 Å². The summed E-state index contributed by atoms with van der Waals surface area (Å²) in [5, 5.41) is 9.71. The minimum absolute atomic E-state index is 0.0832. The van der Waals surface area contributed by atoms with E-state index in [1.807, 2.05) is 0 Å². The van der Waals surface area contributed by atoms with Crippen molar-refractivity contribution in [2.75, 3.05) is 4.90 Å². The van der Waals surface area contributed by atoms with Gasteiger partial charge in [-0.1, -0.05) is 127 Å². The Balaban J connectivity index is 0.894. The van der Waals surface area contributed by atoms with Crippen LogP contribution in [0.1, 0.15) is 11.5 Å². The number of benzene rings is 9. The molecule has 65 heavy (non-hydrogen) atoms. The molecule has 0 saturated carbocycles. The molecule has 5 nitrogen and oxygen atoms in total. The van der Waals surface area contributed by atoms with Crippen LogP contribution < -0.4 is 4.90 Å². The fourth-order valence-corrected chi connectivity index (χ4v) is 11.8. The zero-order valence-corrected chi connectivity index (χ0v) is 35.1. The average molecular weight is 831 g/mol. The van der Waals surface area contributed by atoms with E-state index >= 15 is 0 Å². The zero-order valence-electron chi connectivity index (χ0n) is 35.1. The third kappa shape index (κ3) is 4.71. The number of hydrogen-bond acceptors (Lipinski definition) is 2. The maximum atomic E-state index is 6.63. The summed E-state index contributed by atoms with van der Waals surface area (Å²) in [6.07, 6.45) is 6.97. The maximum absolute atomic E-state index is 6.63. The fourth-order valence-electron chi connectivity index (χ4n) is 11.8. The highest BCUT2D eigenvalue weighted by atomic mass is 16.3. The summed E-state index contributed by atoms with van der Waals surface area (Å²) in [6, 6.07) is 73.2. The van der Waals surface area contributed by atoms with E-state index in [2.05, 4.69) is 237 Å². The topological polar surface area (TPSA) is 31.2 Å². The second kappa shape index (κ2) is 13.0. The van der Waals surface area contributed by atoms with Crippen LogP contribution in [-0.4, -0.2) is 19.7 Å². The highest BCUT2D eigenvalue weighted by Gasteiger charge is 2.42. The summed E-state index contributed by atoms with van der Waals surface area (Å²) in [5.74, 6) is 0.126. The SMILES string of the molecule is C1=CC2C(C(n3c4ccccc4c4ccccc43)=C1)c1ccccc1N2c1ccc2oc3ccc(-n4c5ccccc5c5c(-n6c7ccccc7c7ccccc76)cccc54)cc3c2c1. The molecule has 2 atom stereocenters. The molecule has 0 bridgehead atoms. The van der Waals surface area contributed by atoms with Gasteiger partial charge in [-0.25, -0.2) is 0 Å². The first-order valence-corrected chi connectivity index (χ1v) is 22.5. The molecule has 5 heterocycles. The minimum atomic E-state index is 0.0832. The van der Waals surface area contributed by atoms with Gasteiger partial charge in [-0.2, -0.15) is 0 Å². The summed E-state index contributed by atoms with van der Waals surface area (Å²) in [4.78, 5) is 2.54.